The molecule has 0 N–H and O–H groups in total. The summed E-state index contributed by atoms with van der Waals surface area (Å²) in [7, 11) is 1.81. The van der Waals surface area contributed by atoms with Gasteiger partial charge in [-0.2, -0.15) is 5.10 Å². The lowest BCUT2D eigenvalue weighted by atomic mass is 10.1. The molecule has 0 aliphatic heterocycles. The maximum Gasteiger partial charge on any atom is 0.347 e. The van der Waals surface area contributed by atoms with Gasteiger partial charge in [0.05, 0.1) is 5.69 Å². The van der Waals surface area contributed by atoms with Crippen molar-refractivity contribution in [2.45, 2.75) is 6.92 Å². The smallest absolute Gasteiger partial charge is 0.347 e. The van der Waals surface area contributed by atoms with Gasteiger partial charge in [-0.05, 0) is 43.3 Å². The predicted molar refractivity (Wildman–Crippen MR) is 91.5 cm³/mol. The molecule has 0 radical (unpaired) electrons. The van der Waals surface area contributed by atoms with Crippen molar-refractivity contribution in [3.05, 3.63) is 68.3 Å². The van der Waals surface area contributed by atoms with E-state index in [1.807, 2.05) is 14.0 Å². The summed E-state index contributed by atoms with van der Waals surface area (Å²) in [6, 6.07) is 6.81. The topological polar surface area (TPSA) is 65.1 Å². The molecule has 0 bridgehead atoms. The van der Waals surface area contributed by atoms with Crippen molar-refractivity contribution >= 4 is 38.8 Å². The number of allylic oxidation sites excluding steroid dienone is 1. The molecule has 2 aromatic heterocycles. The molecule has 0 aliphatic carbocycles. The highest BCUT2D eigenvalue weighted by atomic mass is 79.9. The van der Waals surface area contributed by atoms with Crippen LogP contribution in [0.2, 0.25) is 0 Å². The molecule has 0 amide bonds. The van der Waals surface area contributed by atoms with E-state index in [4.69, 9.17) is 4.42 Å². The fourth-order valence-corrected chi connectivity index (χ4v) is 2.68. The fraction of sp³-hybridized carbons (Fsp3) is 0.118. The van der Waals surface area contributed by atoms with Crippen LogP contribution < -0.4 is 5.63 Å². The largest absolute Gasteiger partial charge is 0.422 e. The fourth-order valence-electron chi connectivity index (χ4n) is 2.30. The Kier molecular flexibility index (Phi) is 4.00. The number of hydrogen-bond acceptors (Lipinski definition) is 4. The molecule has 1 aromatic carbocycles. The number of rotatable bonds is 3. The van der Waals surface area contributed by atoms with E-state index in [0.29, 0.717) is 11.0 Å². The van der Waals surface area contributed by atoms with Crippen molar-refractivity contribution in [3.63, 3.8) is 0 Å². The second-order valence-electron chi connectivity index (χ2n) is 5.17. The lowest BCUT2D eigenvalue weighted by Gasteiger charge is -2.00. The Bertz CT molecular complexity index is 999. The number of fused-ring (bicyclic) bond motifs is 1. The van der Waals surface area contributed by atoms with Crippen LogP contribution in [0.3, 0.4) is 0 Å². The SMILES string of the molecule is Cc1nn(C)cc1/C=C/C(=O)c1cc2cc(Br)ccc2oc1=O. The summed E-state index contributed by atoms with van der Waals surface area (Å²) >= 11 is 3.36. The number of aromatic nitrogens is 2. The van der Waals surface area contributed by atoms with E-state index in [1.54, 1.807) is 41.2 Å². The molecule has 0 unspecified atom stereocenters. The van der Waals surface area contributed by atoms with Crippen LogP contribution >= 0.6 is 15.9 Å². The molecular formula is C17H13BrN2O3. The summed E-state index contributed by atoms with van der Waals surface area (Å²) in [6.45, 7) is 1.85. The number of ketones is 1. The third kappa shape index (κ3) is 3.17. The molecule has 0 saturated heterocycles. The zero-order chi connectivity index (χ0) is 16.6. The maximum absolute atomic E-state index is 12.3. The number of benzene rings is 1. The van der Waals surface area contributed by atoms with Crippen molar-refractivity contribution in [1.29, 1.82) is 0 Å². The van der Waals surface area contributed by atoms with E-state index in [2.05, 4.69) is 21.0 Å². The quantitative estimate of drug-likeness (QED) is 0.401. The molecule has 0 atom stereocenters. The number of hydrogen-bond donors (Lipinski definition) is 0. The molecule has 23 heavy (non-hydrogen) atoms. The van der Waals surface area contributed by atoms with Gasteiger partial charge < -0.3 is 4.42 Å². The van der Waals surface area contributed by atoms with Crippen LogP contribution in [0.25, 0.3) is 17.0 Å². The number of halogens is 1. The van der Waals surface area contributed by atoms with Crippen LogP contribution in [0.15, 0.2) is 50.2 Å². The van der Waals surface area contributed by atoms with Crippen molar-refractivity contribution < 1.29 is 9.21 Å². The molecule has 0 fully saturated rings. The van der Waals surface area contributed by atoms with Gasteiger partial charge in [0.2, 0.25) is 0 Å². The van der Waals surface area contributed by atoms with Crippen LogP contribution in [0, 0.1) is 6.92 Å². The minimum Gasteiger partial charge on any atom is -0.422 e. The lowest BCUT2D eigenvalue weighted by Crippen LogP contribution is -2.11. The number of carbonyl (C=O) groups excluding carboxylic acids is 1. The van der Waals surface area contributed by atoms with E-state index >= 15 is 0 Å². The first-order valence-corrected chi connectivity index (χ1v) is 7.69. The van der Waals surface area contributed by atoms with E-state index < -0.39 is 11.4 Å². The molecule has 5 nitrogen and oxygen atoms in total. The van der Waals surface area contributed by atoms with Gasteiger partial charge in [0.1, 0.15) is 11.1 Å². The monoisotopic (exact) mass is 372 g/mol. The summed E-state index contributed by atoms with van der Waals surface area (Å²) in [4.78, 5) is 24.3. The summed E-state index contributed by atoms with van der Waals surface area (Å²) < 4.78 is 7.72. The van der Waals surface area contributed by atoms with Gasteiger partial charge in [0, 0.05) is 28.7 Å². The van der Waals surface area contributed by atoms with Crippen molar-refractivity contribution in [3.8, 4) is 0 Å². The molecule has 0 spiro atoms. The highest BCUT2D eigenvalue weighted by Crippen LogP contribution is 2.19. The van der Waals surface area contributed by atoms with E-state index in [9.17, 15) is 9.59 Å². The van der Waals surface area contributed by atoms with E-state index in [1.165, 1.54) is 6.08 Å². The zero-order valence-corrected chi connectivity index (χ0v) is 14.1. The Balaban J connectivity index is 1.99. The molecule has 3 rings (SSSR count). The molecule has 3 aromatic rings. The average Bonchev–Trinajstić information content (AvgIpc) is 2.82. The summed E-state index contributed by atoms with van der Waals surface area (Å²) in [5.41, 5.74) is 1.45. The summed E-state index contributed by atoms with van der Waals surface area (Å²) in [6.07, 6.45) is 4.81. The average molecular weight is 373 g/mol. The first-order valence-electron chi connectivity index (χ1n) is 6.90. The Morgan fingerprint density at radius 1 is 1.35 bits per heavy atom. The number of nitrogens with zero attached hydrogens (tertiary/aromatic N) is 2. The van der Waals surface area contributed by atoms with Crippen molar-refractivity contribution in [1.82, 2.24) is 9.78 Å². The third-order valence-electron chi connectivity index (χ3n) is 3.43. The predicted octanol–water partition coefficient (Wildman–Crippen LogP) is 3.49. The molecular weight excluding hydrogens is 360 g/mol. The van der Waals surface area contributed by atoms with Crippen LogP contribution in [-0.4, -0.2) is 15.6 Å². The van der Waals surface area contributed by atoms with Gasteiger partial charge in [-0.15, -0.1) is 0 Å². The molecule has 2 heterocycles. The van der Waals surface area contributed by atoms with E-state index in [0.717, 1.165) is 15.7 Å². The Morgan fingerprint density at radius 2 is 2.13 bits per heavy atom. The second-order valence-corrected chi connectivity index (χ2v) is 6.09. The highest BCUT2D eigenvalue weighted by molar-refractivity contribution is 9.10. The summed E-state index contributed by atoms with van der Waals surface area (Å²) in [5.74, 6) is -0.399. The van der Waals surface area contributed by atoms with E-state index in [-0.39, 0.29) is 5.56 Å². The Labute approximate surface area is 140 Å². The normalized spacial score (nSPS) is 11.4. The van der Waals surface area contributed by atoms with Gasteiger partial charge in [0.15, 0.2) is 5.78 Å². The molecule has 116 valence electrons. The minimum absolute atomic E-state index is 0.00777. The zero-order valence-electron chi connectivity index (χ0n) is 12.5. The van der Waals surface area contributed by atoms with Crippen molar-refractivity contribution in [2.75, 3.05) is 0 Å². The molecule has 0 aliphatic rings. The number of carbonyl (C=O) groups is 1. The van der Waals surface area contributed by atoms with Gasteiger partial charge in [0.25, 0.3) is 0 Å². The Morgan fingerprint density at radius 3 is 2.83 bits per heavy atom. The minimum atomic E-state index is -0.641. The maximum atomic E-state index is 12.3. The Hall–Kier alpha value is -2.47. The number of aryl methyl sites for hydroxylation is 2. The van der Waals surface area contributed by atoms with Crippen LogP contribution in [-0.2, 0) is 7.05 Å². The molecule has 0 saturated carbocycles. The summed E-state index contributed by atoms with van der Waals surface area (Å²) in [5, 5.41) is 4.89. The lowest BCUT2D eigenvalue weighted by molar-refractivity contribution is 0.104. The first kappa shape index (κ1) is 15.4. The standard InChI is InChI=1S/C17H13BrN2O3/c1-10-11(9-20(2)19-10)3-5-15(21)14-8-12-7-13(18)4-6-16(12)23-17(14)22/h3-9H,1-2H3/b5-3+. The van der Waals surface area contributed by atoms with Crippen LogP contribution in [0.1, 0.15) is 21.6 Å². The van der Waals surface area contributed by atoms with Gasteiger partial charge >= 0.3 is 5.63 Å². The van der Waals surface area contributed by atoms with Crippen LogP contribution in [0.4, 0.5) is 0 Å². The van der Waals surface area contributed by atoms with Crippen molar-refractivity contribution in [2.24, 2.45) is 7.05 Å². The first-order chi connectivity index (χ1) is 10.9. The highest BCUT2D eigenvalue weighted by Gasteiger charge is 2.12. The third-order valence-corrected chi connectivity index (χ3v) is 3.92. The van der Waals surface area contributed by atoms with Gasteiger partial charge in [-0.1, -0.05) is 15.9 Å². The van der Waals surface area contributed by atoms with Crippen LogP contribution in [0.5, 0.6) is 0 Å². The van der Waals surface area contributed by atoms with Gasteiger partial charge in [-0.3, -0.25) is 9.48 Å². The second kappa shape index (κ2) is 5.96. The molecule has 6 heteroatoms. The van der Waals surface area contributed by atoms with Gasteiger partial charge in [-0.25, -0.2) is 4.79 Å².